The summed E-state index contributed by atoms with van der Waals surface area (Å²) >= 11 is 0. The summed E-state index contributed by atoms with van der Waals surface area (Å²) in [6.45, 7) is 12.1. The Morgan fingerprint density at radius 2 is 0.459 bits per heavy atom. The van der Waals surface area contributed by atoms with Crippen molar-refractivity contribution in [3.63, 3.8) is 0 Å². The van der Waals surface area contributed by atoms with Gasteiger partial charge in [-0.05, 0) is 119 Å². The van der Waals surface area contributed by atoms with Gasteiger partial charge in [-0.25, -0.2) is 0 Å². The molecule has 0 aliphatic rings. The van der Waals surface area contributed by atoms with Crippen LogP contribution in [0, 0.1) is 0 Å². The van der Waals surface area contributed by atoms with Crippen LogP contribution in [0.25, 0.3) is 11.1 Å². The van der Waals surface area contributed by atoms with Gasteiger partial charge in [0.2, 0.25) is 0 Å². The Morgan fingerprint density at radius 1 is 0.243 bits per heavy atom. The normalized spacial score (nSPS) is 11.4. The van der Waals surface area contributed by atoms with Gasteiger partial charge in [-0.1, -0.05) is 253 Å². The molecule has 0 unspecified atom stereocenters. The summed E-state index contributed by atoms with van der Waals surface area (Å²) in [5.74, 6) is 3.64. The van der Waals surface area contributed by atoms with Crippen LogP contribution in [0.15, 0.2) is 146 Å². The molecule has 0 heterocycles. The standard InChI is InChI=1S/C70H94O4/c1-5-9-13-17-21-29-53-71-61-45-37-57(38-46-61)69(58-39-47-62(48-40-58)72-54-30-22-18-14-10-6-2)67-35-27-25-33-65(67)66-34-26-28-36-68(66)70(59-41-49-63(50-42-59)73-55-31-23-19-15-11-7-3)60-43-51-64(52-44-60)74-56-32-24-20-16-12-8-4/h25-28,33-52,69-70H,5-24,29-32,53-56H2,1-4H3. The summed E-state index contributed by atoms with van der Waals surface area (Å²) < 4.78 is 25.3. The van der Waals surface area contributed by atoms with Crippen LogP contribution in [0.1, 0.15) is 227 Å². The molecule has 0 fully saturated rings. The average Bonchev–Trinajstić information content (AvgIpc) is 3.44. The molecule has 4 heteroatoms. The summed E-state index contributed by atoms with van der Waals surface area (Å²) in [5, 5.41) is 0. The largest absolute Gasteiger partial charge is 0.494 e. The minimum atomic E-state index is -0.0379. The van der Waals surface area contributed by atoms with Crippen LogP contribution < -0.4 is 18.9 Å². The molecular weight excluding hydrogens is 905 g/mol. The van der Waals surface area contributed by atoms with Gasteiger partial charge < -0.3 is 18.9 Å². The highest BCUT2D eigenvalue weighted by atomic mass is 16.5. The Kier molecular flexibility index (Phi) is 27.3. The van der Waals surface area contributed by atoms with Crippen molar-refractivity contribution in [2.24, 2.45) is 0 Å². The molecule has 0 radical (unpaired) electrons. The minimum Gasteiger partial charge on any atom is -0.494 e. The molecule has 0 N–H and O–H groups in total. The van der Waals surface area contributed by atoms with Crippen molar-refractivity contribution in [2.45, 2.75) is 194 Å². The van der Waals surface area contributed by atoms with Crippen molar-refractivity contribution < 1.29 is 18.9 Å². The highest BCUT2D eigenvalue weighted by Crippen LogP contribution is 2.44. The zero-order valence-electron chi connectivity index (χ0n) is 46.4. The van der Waals surface area contributed by atoms with Gasteiger partial charge >= 0.3 is 0 Å². The zero-order chi connectivity index (χ0) is 51.7. The van der Waals surface area contributed by atoms with E-state index in [1.807, 2.05) is 0 Å². The van der Waals surface area contributed by atoms with Crippen molar-refractivity contribution in [2.75, 3.05) is 26.4 Å². The molecule has 0 spiro atoms. The van der Waals surface area contributed by atoms with Crippen LogP contribution in [-0.2, 0) is 0 Å². The summed E-state index contributed by atoms with van der Waals surface area (Å²) in [4.78, 5) is 0. The quantitative estimate of drug-likeness (QED) is 0.0285. The second kappa shape index (κ2) is 34.9. The molecule has 0 atom stereocenters. The third kappa shape index (κ3) is 19.7. The lowest BCUT2D eigenvalue weighted by Crippen LogP contribution is -2.09. The van der Waals surface area contributed by atoms with Crippen molar-refractivity contribution in [1.29, 1.82) is 0 Å². The van der Waals surface area contributed by atoms with Gasteiger partial charge in [0.25, 0.3) is 0 Å². The molecule has 4 nitrogen and oxygen atoms in total. The molecule has 6 aromatic carbocycles. The van der Waals surface area contributed by atoms with E-state index in [1.54, 1.807) is 0 Å². The van der Waals surface area contributed by atoms with Gasteiger partial charge in [0.15, 0.2) is 0 Å². The lowest BCUT2D eigenvalue weighted by atomic mass is 9.77. The van der Waals surface area contributed by atoms with Gasteiger partial charge in [0.05, 0.1) is 26.4 Å². The number of hydrogen-bond acceptors (Lipinski definition) is 4. The third-order valence-electron chi connectivity index (χ3n) is 14.8. The first kappa shape index (κ1) is 57.8. The van der Waals surface area contributed by atoms with E-state index >= 15 is 0 Å². The van der Waals surface area contributed by atoms with Crippen molar-refractivity contribution in [1.82, 2.24) is 0 Å². The van der Waals surface area contributed by atoms with Crippen LogP contribution >= 0.6 is 0 Å². The summed E-state index contributed by atoms with van der Waals surface area (Å²) in [5.41, 5.74) is 9.89. The topological polar surface area (TPSA) is 36.9 Å². The zero-order valence-corrected chi connectivity index (χ0v) is 46.4. The molecule has 0 amide bonds. The molecule has 6 rings (SSSR count). The van der Waals surface area contributed by atoms with Gasteiger partial charge in [0.1, 0.15) is 23.0 Å². The maximum atomic E-state index is 6.33. The Balaban J connectivity index is 1.32. The molecule has 74 heavy (non-hydrogen) atoms. The molecular formula is C70H94O4. The second-order valence-corrected chi connectivity index (χ2v) is 20.8. The predicted octanol–water partition coefficient (Wildman–Crippen LogP) is 20.7. The van der Waals surface area contributed by atoms with E-state index in [0.29, 0.717) is 0 Å². The van der Waals surface area contributed by atoms with Crippen molar-refractivity contribution in [3.05, 3.63) is 179 Å². The Bertz CT molecular complexity index is 2060. The van der Waals surface area contributed by atoms with Crippen LogP contribution in [0.2, 0.25) is 0 Å². The monoisotopic (exact) mass is 999 g/mol. The lowest BCUT2D eigenvalue weighted by molar-refractivity contribution is 0.304. The Hall–Kier alpha value is -5.48. The van der Waals surface area contributed by atoms with E-state index < -0.39 is 0 Å². The van der Waals surface area contributed by atoms with E-state index in [2.05, 4.69) is 173 Å². The van der Waals surface area contributed by atoms with Gasteiger partial charge in [0, 0.05) is 11.8 Å². The van der Waals surface area contributed by atoms with Gasteiger partial charge in [-0.15, -0.1) is 0 Å². The molecule has 0 bridgehead atoms. The average molecular weight is 1000 g/mol. The summed E-state index contributed by atoms with van der Waals surface area (Å²) in [7, 11) is 0. The smallest absolute Gasteiger partial charge is 0.119 e. The number of unbranched alkanes of at least 4 members (excludes halogenated alkanes) is 20. The van der Waals surface area contributed by atoms with Crippen molar-refractivity contribution in [3.8, 4) is 34.1 Å². The van der Waals surface area contributed by atoms with Crippen LogP contribution in [0.3, 0.4) is 0 Å². The first-order chi connectivity index (χ1) is 36.6. The molecule has 398 valence electrons. The summed E-state index contributed by atoms with van der Waals surface area (Å²) in [6.07, 6.45) is 30.0. The maximum Gasteiger partial charge on any atom is 0.119 e. The first-order valence-corrected chi connectivity index (χ1v) is 29.7. The fourth-order valence-corrected chi connectivity index (χ4v) is 10.4. The van der Waals surface area contributed by atoms with Gasteiger partial charge in [-0.3, -0.25) is 0 Å². The summed E-state index contributed by atoms with van der Waals surface area (Å²) in [6, 6.07) is 53.8. The maximum absolute atomic E-state index is 6.33. The van der Waals surface area contributed by atoms with E-state index in [1.165, 1.54) is 173 Å². The van der Waals surface area contributed by atoms with E-state index in [0.717, 1.165) is 75.1 Å². The van der Waals surface area contributed by atoms with Crippen molar-refractivity contribution >= 4 is 0 Å². The number of benzene rings is 6. The van der Waals surface area contributed by atoms with Crippen LogP contribution in [0.4, 0.5) is 0 Å². The predicted molar refractivity (Wildman–Crippen MR) is 315 cm³/mol. The molecule has 0 saturated carbocycles. The fraction of sp³-hybridized carbons (Fsp3) is 0.486. The SMILES string of the molecule is CCCCCCCCOc1ccc(C(c2ccc(OCCCCCCCC)cc2)c2ccccc2-c2ccccc2C(c2ccc(OCCCCCCCC)cc2)c2ccc(OCCCCCCCC)cc2)cc1. The molecule has 0 saturated heterocycles. The van der Waals surface area contributed by atoms with Crippen LogP contribution in [-0.4, -0.2) is 26.4 Å². The molecule has 0 aliphatic carbocycles. The minimum absolute atomic E-state index is 0.0379. The van der Waals surface area contributed by atoms with E-state index in [9.17, 15) is 0 Å². The molecule has 6 aromatic rings. The Labute approximate surface area is 450 Å². The molecule has 0 aromatic heterocycles. The fourth-order valence-electron chi connectivity index (χ4n) is 10.4. The van der Waals surface area contributed by atoms with Gasteiger partial charge in [-0.2, -0.15) is 0 Å². The molecule has 0 aliphatic heterocycles. The second-order valence-electron chi connectivity index (χ2n) is 20.8. The number of rotatable bonds is 39. The Morgan fingerprint density at radius 3 is 0.703 bits per heavy atom. The number of ether oxygens (including phenoxy) is 4. The highest BCUT2D eigenvalue weighted by Gasteiger charge is 2.26. The third-order valence-corrected chi connectivity index (χ3v) is 14.8. The first-order valence-electron chi connectivity index (χ1n) is 29.7. The highest BCUT2D eigenvalue weighted by molar-refractivity contribution is 5.75. The van der Waals surface area contributed by atoms with E-state index in [-0.39, 0.29) is 11.8 Å². The lowest BCUT2D eigenvalue weighted by Gasteiger charge is -2.26. The van der Waals surface area contributed by atoms with E-state index in [4.69, 9.17) is 18.9 Å². The van der Waals surface area contributed by atoms with Crippen LogP contribution in [0.5, 0.6) is 23.0 Å². The number of hydrogen-bond donors (Lipinski definition) is 0.